The van der Waals surface area contributed by atoms with Crippen LogP contribution in [0, 0.1) is 0 Å². The third-order valence-corrected chi connectivity index (χ3v) is 3.56. The van der Waals surface area contributed by atoms with E-state index < -0.39 is 0 Å². The first-order valence-corrected chi connectivity index (χ1v) is 7.61. The number of nitrogens with zero attached hydrogens (tertiary/aromatic N) is 2. The van der Waals surface area contributed by atoms with Gasteiger partial charge in [0.2, 0.25) is 0 Å². The fourth-order valence-corrected chi connectivity index (χ4v) is 2.24. The summed E-state index contributed by atoms with van der Waals surface area (Å²) < 4.78 is 0. The van der Waals surface area contributed by atoms with Crippen molar-refractivity contribution >= 4 is 0 Å². The zero-order valence-electron chi connectivity index (χ0n) is 12.7. The summed E-state index contributed by atoms with van der Waals surface area (Å²) in [7, 11) is 0. The van der Waals surface area contributed by atoms with Gasteiger partial charge in [-0.05, 0) is 44.1 Å². The highest BCUT2D eigenvalue weighted by Crippen LogP contribution is 2.06. The normalized spacial score (nSPS) is 12.8. The molecule has 3 heteroatoms. The highest BCUT2D eigenvalue weighted by Gasteiger charge is 2.11. The lowest BCUT2D eigenvalue weighted by Gasteiger charge is -2.28. The summed E-state index contributed by atoms with van der Waals surface area (Å²) in [5.74, 6) is 0. The minimum absolute atomic E-state index is 0.569. The van der Waals surface area contributed by atoms with Gasteiger partial charge in [0.15, 0.2) is 0 Å². The smallest absolute Gasteiger partial charge is 0.0271 e. The lowest BCUT2D eigenvalue weighted by molar-refractivity contribution is 0.206. The molecule has 1 atom stereocenters. The molecule has 0 spiro atoms. The molecule has 0 bridgehead atoms. The Balaban J connectivity index is 2.29. The van der Waals surface area contributed by atoms with E-state index in [0.717, 1.165) is 26.2 Å². The number of hydrogen-bond donors (Lipinski definition) is 1. The Bertz CT molecular complexity index is 313. The fourth-order valence-electron chi connectivity index (χ4n) is 2.24. The second-order valence-electron chi connectivity index (χ2n) is 5.18. The van der Waals surface area contributed by atoms with Gasteiger partial charge >= 0.3 is 0 Å². The van der Waals surface area contributed by atoms with E-state index in [-0.39, 0.29) is 0 Å². The molecule has 1 aromatic rings. The van der Waals surface area contributed by atoms with Crippen molar-refractivity contribution in [3.05, 3.63) is 30.1 Å². The highest BCUT2D eigenvalue weighted by molar-refractivity contribution is 5.09. The summed E-state index contributed by atoms with van der Waals surface area (Å²) in [6.45, 7) is 11.1. The van der Waals surface area contributed by atoms with Gasteiger partial charge in [0.05, 0.1) is 0 Å². The molecule has 0 aromatic carbocycles. The molecule has 0 radical (unpaired) electrons. The van der Waals surface area contributed by atoms with Crippen LogP contribution in [0.5, 0.6) is 0 Å². The third kappa shape index (κ3) is 6.69. The number of unbranched alkanes of at least 4 members (excludes halogenated alkanes) is 2. The molecule has 108 valence electrons. The Morgan fingerprint density at radius 3 is 2.58 bits per heavy atom. The summed E-state index contributed by atoms with van der Waals surface area (Å²) in [6.07, 6.45) is 7.66. The van der Waals surface area contributed by atoms with Crippen LogP contribution in [0.3, 0.4) is 0 Å². The Labute approximate surface area is 118 Å². The van der Waals surface area contributed by atoms with Crippen LogP contribution in [-0.4, -0.2) is 35.6 Å². The Kier molecular flexibility index (Phi) is 8.43. The van der Waals surface area contributed by atoms with Gasteiger partial charge in [-0.15, -0.1) is 0 Å². The molecule has 3 nitrogen and oxygen atoms in total. The van der Waals surface area contributed by atoms with Crippen LogP contribution in [-0.2, 0) is 6.54 Å². The number of pyridine rings is 1. The molecule has 1 heterocycles. The fraction of sp³-hybridized carbons (Fsp3) is 0.688. The molecule has 0 saturated carbocycles. The van der Waals surface area contributed by atoms with Crippen molar-refractivity contribution in [3.8, 4) is 0 Å². The molecule has 0 fully saturated rings. The van der Waals surface area contributed by atoms with Crippen molar-refractivity contribution in [1.29, 1.82) is 0 Å². The van der Waals surface area contributed by atoms with Crippen LogP contribution in [0.1, 0.15) is 45.6 Å². The summed E-state index contributed by atoms with van der Waals surface area (Å²) in [6, 6.07) is 4.77. The van der Waals surface area contributed by atoms with Crippen molar-refractivity contribution in [1.82, 2.24) is 15.2 Å². The molecular formula is C16H29N3. The zero-order valence-corrected chi connectivity index (χ0v) is 12.7. The minimum atomic E-state index is 0.569. The molecule has 0 aliphatic carbocycles. The number of hydrogen-bond acceptors (Lipinski definition) is 3. The first kappa shape index (κ1) is 16.1. The summed E-state index contributed by atoms with van der Waals surface area (Å²) in [4.78, 5) is 6.57. The van der Waals surface area contributed by atoms with Gasteiger partial charge in [-0.1, -0.05) is 26.7 Å². The van der Waals surface area contributed by atoms with Gasteiger partial charge in [0.1, 0.15) is 0 Å². The van der Waals surface area contributed by atoms with Crippen molar-refractivity contribution in [2.75, 3.05) is 19.6 Å². The summed E-state index contributed by atoms with van der Waals surface area (Å²) in [5, 5.41) is 3.57. The number of rotatable bonds is 10. The maximum absolute atomic E-state index is 4.07. The second-order valence-corrected chi connectivity index (χ2v) is 5.18. The first-order valence-electron chi connectivity index (χ1n) is 7.61. The van der Waals surface area contributed by atoms with E-state index in [1.165, 1.54) is 24.8 Å². The molecule has 1 rings (SSSR count). The monoisotopic (exact) mass is 263 g/mol. The van der Waals surface area contributed by atoms with E-state index in [1.54, 1.807) is 0 Å². The van der Waals surface area contributed by atoms with Crippen LogP contribution < -0.4 is 5.32 Å². The molecule has 19 heavy (non-hydrogen) atoms. The molecule has 1 N–H and O–H groups in total. The highest BCUT2D eigenvalue weighted by atomic mass is 15.2. The van der Waals surface area contributed by atoms with Gasteiger partial charge in [0.25, 0.3) is 0 Å². The van der Waals surface area contributed by atoms with E-state index in [4.69, 9.17) is 0 Å². The predicted octanol–water partition coefficient (Wildman–Crippen LogP) is 3.07. The van der Waals surface area contributed by atoms with Crippen LogP contribution in [0.4, 0.5) is 0 Å². The van der Waals surface area contributed by atoms with Crippen LogP contribution >= 0.6 is 0 Å². The second kappa shape index (κ2) is 9.93. The Morgan fingerprint density at radius 1 is 1.21 bits per heavy atom. The van der Waals surface area contributed by atoms with E-state index in [2.05, 4.69) is 48.1 Å². The third-order valence-electron chi connectivity index (χ3n) is 3.56. The molecule has 0 saturated heterocycles. The maximum Gasteiger partial charge on any atom is 0.0271 e. The average molecular weight is 263 g/mol. The van der Waals surface area contributed by atoms with E-state index >= 15 is 0 Å². The number of likely N-dealkylation sites (N-methyl/N-ethyl adjacent to an activating group) is 1. The van der Waals surface area contributed by atoms with Crippen LogP contribution in [0.15, 0.2) is 24.5 Å². The predicted molar refractivity (Wildman–Crippen MR) is 82.2 cm³/mol. The lowest BCUT2D eigenvalue weighted by Crippen LogP contribution is -2.40. The number of aromatic nitrogens is 1. The van der Waals surface area contributed by atoms with Crippen LogP contribution in [0.25, 0.3) is 0 Å². The van der Waals surface area contributed by atoms with Gasteiger partial charge < -0.3 is 5.32 Å². The molecule has 0 amide bonds. The summed E-state index contributed by atoms with van der Waals surface area (Å²) in [5.41, 5.74) is 1.34. The first-order chi connectivity index (χ1) is 9.27. The average Bonchev–Trinajstić information content (AvgIpc) is 2.45. The van der Waals surface area contributed by atoms with Gasteiger partial charge in [0, 0.05) is 31.5 Å². The summed E-state index contributed by atoms with van der Waals surface area (Å²) >= 11 is 0. The minimum Gasteiger partial charge on any atom is -0.315 e. The largest absolute Gasteiger partial charge is 0.315 e. The van der Waals surface area contributed by atoms with E-state index in [9.17, 15) is 0 Å². The maximum atomic E-state index is 4.07. The van der Waals surface area contributed by atoms with Crippen molar-refractivity contribution < 1.29 is 0 Å². The number of nitrogens with one attached hydrogen (secondary N) is 1. The Hall–Kier alpha value is -0.930. The van der Waals surface area contributed by atoms with Gasteiger partial charge in [-0.2, -0.15) is 0 Å². The van der Waals surface area contributed by atoms with Gasteiger partial charge in [-0.25, -0.2) is 0 Å². The standard InChI is InChI=1S/C16H29N3/c1-4-6-7-10-18-13-15(3)19(5-2)14-16-8-11-17-12-9-16/h8-9,11-12,15,18H,4-7,10,13-14H2,1-3H3. The van der Waals surface area contributed by atoms with Crippen molar-refractivity contribution in [3.63, 3.8) is 0 Å². The molecular weight excluding hydrogens is 234 g/mol. The lowest BCUT2D eigenvalue weighted by atomic mass is 10.2. The van der Waals surface area contributed by atoms with Crippen molar-refractivity contribution in [2.45, 2.75) is 52.6 Å². The SMILES string of the molecule is CCCCCNCC(C)N(CC)Cc1ccncc1. The molecule has 0 aliphatic heterocycles. The van der Waals surface area contributed by atoms with Crippen LogP contribution in [0.2, 0.25) is 0 Å². The van der Waals surface area contributed by atoms with E-state index in [0.29, 0.717) is 6.04 Å². The topological polar surface area (TPSA) is 28.2 Å². The zero-order chi connectivity index (χ0) is 13.9. The molecule has 1 aromatic heterocycles. The van der Waals surface area contributed by atoms with E-state index in [1.807, 2.05) is 12.4 Å². The van der Waals surface area contributed by atoms with Crippen molar-refractivity contribution in [2.24, 2.45) is 0 Å². The quantitative estimate of drug-likeness (QED) is 0.658. The Morgan fingerprint density at radius 2 is 1.95 bits per heavy atom. The van der Waals surface area contributed by atoms with Gasteiger partial charge in [-0.3, -0.25) is 9.88 Å². The molecule has 1 unspecified atom stereocenters. The molecule has 0 aliphatic rings.